The van der Waals surface area contributed by atoms with Gasteiger partial charge in [-0.05, 0) is 43.2 Å². The van der Waals surface area contributed by atoms with Crippen LogP contribution in [0.1, 0.15) is 41.7 Å². The molecule has 1 aliphatic carbocycles. The molecule has 1 aliphatic rings. The Balaban J connectivity index is 1.80. The molecule has 0 unspecified atom stereocenters. The number of carbonyl (C=O) groups is 1. The smallest absolute Gasteiger partial charge is 0.355 e. The molecular weight excluding hydrogens is 367 g/mol. The summed E-state index contributed by atoms with van der Waals surface area (Å²) in [7, 11) is 0. The van der Waals surface area contributed by atoms with Gasteiger partial charge in [-0.25, -0.2) is 0 Å². The highest BCUT2D eigenvalue weighted by Gasteiger charge is 2.34. The quantitative estimate of drug-likeness (QED) is 0.765. The molecule has 0 spiro atoms. The van der Waals surface area contributed by atoms with Crippen LogP contribution >= 0.6 is 11.6 Å². The zero-order valence-electron chi connectivity index (χ0n) is 13.7. The number of benzene rings is 1. The number of hydrogen-bond acceptors (Lipinski definition) is 3. The van der Waals surface area contributed by atoms with E-state index in [-0.39, 0.29) is 28.4 Å². The van der Waals surface area contributed by atoms with Crippen molar-refractivity contribution in [1.29, 1.82) is 0 Å². The number of amides is 1. The number of rotatable bonds is 4. The van der Waals surface area contributed by atoms with Crippen molar-refractivity contribution in [2.75, 3.05) is 5.32 Å². The van der Waals surface area contributed by atoms with Crippen LogP contribution in [0.4, 0.5) is 24.5 Å². The Kier molecular flexibility index (Phi) is 5.36. The second-order valence-corrected chi connectivity index (χ2v) is 6.63. The third-order valence-corrected chi connectivity index (χ3v) is 4.48. The lowest BCUT2D eigenvalue weighted by Gasteiger charge is -2.16. The molecule has 0 bridgehead atoms. The number of anilines is 2. The fraction of sp³-hybridized carbons (Fsp3) is 0.333. The van der Waals surface area contributed by atoms with Gasteiger partial charge in [0.15, 0.2) is 0 Å². The molecule has 1 saturated carbocycles. The molecule has 3 rings (SSSR count). The minimum Gasteiger partial charge on any atom is -0.355 e. The fourth-order valence-corrected chi connectivity index (χ4v) is 3.15. The molecule has 1 aromatic carbocycles. The van der Waals surface area contributed by atoms with Crippen LogP contribution in [0.3, 0.4) is 0 Å². The Morgan fingerprint density at radius 1 is 1.15 bits per heavy atom. The molecule has 0 radical (unpaired) electrons. The fourth-order valence-electron chi connectivity index (χ4n) is 2.98. The van der Waals surface area contributed by atoms with Crippen molar-refractivity contribution in [3.05, 3.63) is 52.8 Å². The maximum atomic E-state index is 13.2. The molecule has 4 nitrogen and oxygen atoms in total. The van der Waals surface area contributed by atoms with Gasteiger partial charge in [-0.3, -0.25) is 9.78 Å². The van der Waals surface area contributed by atoms with E-state index in [0.717, 1.165) is 31.7 Å². The zero-order chi connectivity index (χ0) is 18.7. The molecule has 26 heavy (non-hydrogen) atoms. The van der Waals surface area contributed by atoms with Crippen molar-refractivity contribution >= 4 is 28.9 Å². The van der Waals surface area contributed by atoms with E-state index in [0.29, 0.717) is 5.69 Å². The van der Waals surface area contributed by atoms with Crippen LogP contribution in [0, 0.1) is 0 Å². The van der Waals surface area contributed by atoms with Gasteiger partial charge in [-0.15, -0.1) is 0 Å². The minimum atomic E-state index is -4.55. The van der Waals surface area contributed by atoms with E-state index in [9.17, 15) is 18.0 Å². The first-order valence-electron chi connectivity index (χ1n) is 8.23. The van der Waals surface area contributed by atoms with Crippen LogP contribution in [0.15, 0.2) is 36.5 Å². The molecular formula is C18H17ClF3N3O. The van der Waals surface area contributed by atoms with E-state index in [4.69, 9.17) is 11.6 Å². The van der Waals surface area contributed by atoms with Crippen LogP contribution in [0.5, 0.6) is 0 Å². The number of alkyl halides is 3. The Hall–Kier alpha value is -2.28. The highest BCUT2D eigenvalue weighted by molar-refractivity contribution is 6.30. The third kappa shape index (κ3) is 4.46. The summed E-state index contributed by atoms with van der Waals surface area (Å²) >= 11 is 5.68. The molecule has 0 saturated heterocycles. The third-order valence-electron chi connectivity index (χ3n) is 4.25. The van der Waals surface area contributed by atoms with Gasteiger partial charge < -0.3 is 10.6 Å². The van der Waals surface area contributed by atoms with Gasteiger partial charge in [0.25, 0.3) is 5.91 Å². The van der Waals surface area contributed by atoms with Crippen molar-refractivity contribution in [3.63, 3.8) is 0 Å². The van der Waals surface area contributed by atoms with Crippen LogP contribution in [0.25, 0.3) is 0 Å². The number of carbonyl (C=O) groups excluding carboxylic acids is 1. The highest BCUT2D eigenvalue weighted by atomic mass is 35.5. The molecule has 1 aromatic heterocycles. The number of nitrogens with one attached hydrogen (secondary N) is 2. The van der Waals surface area contributed by atoms with Crippen molar-refractivity contribution < 1.29 is 18.0 Å². The van der Waals surface area contributed by atoms with Gasteiger partial charge in [0.05, 0.1) is 11.3 Å². The van der Waals surface area contributed by atoms with Gasteiger partial charge in [-0.1, -0.05) is 24.4 Å². The van der Waals surface area contributed by atoms with E-state index in [1.54, 1.807) is 0 Å². The topological polar surface area (TPSA) is 54.0 Å². The molecule has 0 aliphatic heterocycles. The van der Waals surface area contributed by atoms with E-state index in [2.05, 4.69) is 15.6 Å². The summed E-state index contributed by atoms with van der Waals surface area (Å²) in [6.45, 7) is 0. The maximum absolute atomic E-state index is 13.2. The lowest BCUT2D eigenvalue weighted by atomic mass is 10.1. The van der Waals surface area contributed by atoms with Gasteiger partial charge in [-0.2, -0.15) is 13.2 Å². The molecule has 2 aromatic rings. The first-order valence-corrected chi connectivity index (χ1v) is 8.61. The van der Waals surface area contributed by atoms with Gasteiger partial charge in [0, 0.05) is 22.9 Å². The van der Waals surface area contributed by atoms with Crippen molar-refractivity contribution in [3.8, 4) is 0 Å². The second kappa shape index (κ2) is 7.53. The number of halogens is 4. The number of aromatic nitrogens is 1. The summed E-state index contributed by atoms with van der Waals surface area (Å²) in [4.78, 5) is 16.3. The predicted octanol–water partition coefficient (Wildman–Crippen LogP) is 5.17. The van der Waals surface area contributed by atoms with Crippen LogP contribution in [-0.2, 0) is 6.18 Å². The molecule has 138 valence electrons. The highest BCUT2D eigenvalue weighted by Crippen LogP contribution is 2.37. The van der Waals surface area contributed by atoms with Crippen molar-refractivity contribution in [1.82, 2.24) is 10.3 Å². The molecule has 0 atom stereocenters. The SMILES string of the molecule is O=C(NC1CCCC1)c1cc(Nc2ccc(Cl)cc2C(F)(F)F)ccn1. The average Bonchev–Trinajstić information content (AvgIpc) is 3.09. The van der Waals surface area contributed by atoms with Crippen molar-refractivity contribution in [2.45, 2.75) is 37.9 Å². The standard InChI is InChI=1S/C18H17ClF3N3O/c19-11-5-6-15(14(9-11)18(20,21)22)24-13-7-8-23-16(10-13)17(26)25-12-3-1-2-4-12/h5-10,12H,1-4H2,(H,23,24)(H,25,26). The van der Waals surface area contributed by atoms with Gasteiger partial charge >= 0.3 is 6.18 Å². The van der Waals surface area contributed by atoms with E-state index in [1.807, 2.05) is 0 Å². The second-order valence-electron chi connectivity index (χ2n) is 6.20. The molecule has 1 amide bonds. The molecule has 2 N–H and O–H groups in total. The predicted molar refractivity (Wildman–Crippen MR) is 93.7 cm³/mol. The lowest BCUT2D eigenvalue weighted by molar-refractivity contribution is -0.136. The first kappa shape index (κ1) is 18.5. The largest absolute Gasteiger partial charge is 0.418 e. The normalized spacial score (nSPS) is 15.1. The van der Waals surface area contributed by atoms with E-state index < -0.39 is 11.7 Å². The van der Waals surface area contributed by atoms with Crippen LogP contribution < -0.4 is 10.6 Å². The molecule has 1 heterocycles. The molecule has 8 heteroatoms. The van der Waals surface area contributed by atoms with Crippen LogP contribution in [0.2, 0.25) is 5.02 Å². The Morgan fingerprint density at radius 3 is 2.58 bits per heavy atom. The summed E-state index contributed by atoms with van der Waals surface area (Å²) in [6.07, 6.45) is 0.859. The Labute approximate surface area is 153 Å². The summed E-state index contributed by atoms with van der Waals surface area (Å²) in [6, 6.07) is 6.55. The summed E-state index contributed by atoms with van der Waals surface area (Å²) in [5, 5.41) is 5.59. The first-order chi connectivity index (χ1) is 12.3. The summed E-state index contributed by atoms with van der Waals surface area (Å²) < 4.78 is 39.6. The number of pyridine rings is 1. The minimum absolute atomic E-state index is 0.00534. The van der Waals surface area contributed by atoms with Gasteiger partial charge in [0.2, 0.25) is 0 Å². The monoisotopic (exact) mass is 383 g/mol. The average molecular weight is 384 g/mol. The maximum Gasteiger partial charge on any atom is 0.418 e. The molecule has 1 fully saturated rings. The Bertz CT molecular complexity index is 805. The number of nitrogens with zero attached hydrogens (tertiary/aromatic N) is 1. The lowest BCUT2D eigenvalue weighted by Crippen LogP contribution is -2.33. The Morgan fingerprint density at radius 2 is 1.88 bits per heavy atom. The van der Waals surface area contributed by atoms with Crippen molar-refractivity contribution in [2.24, 2.45) is 0 Å². The van der Waals surface area contributed by atoms with E-state index >= 15 is 0 Å². The summed E-state index contributed by atoms with van der Waals surface area (Å²) in [5.74, 6) is -0.326. The van der Waals surface area contributed by atoms with Crippen LogP contribution in [-0.4, -0.2) is 16.9 Å². The van der Waals surface area contributed by atoms with Gasteiger partial charge in [0.1, 0.15) is 5.69 Å². The van der Waals surface area contributed by atoms with E-state index in [1.165, 1.54) is 30.5 Å². The zero-order valence-corrected chi connectivity index (χ0v) is 14.5. The number of hydrogen-bond donors (Lipinski definition) is 2. The summed E-state index contributed by atoms with van der Waals surface area (Å²) in [5.41, 5.74) is -0.525.